The van der Waals surface area contributed by atoms with Gasteiger partial charge in [-0.2, -0.15) is 0 Å². The largest absolute Gasteiger partial charge is 0.269 e. The van der Waals surface area contributed by atoms with Crippen LogP contribution in [0.5, 0.6) is 0 Å². The fraction of sp³-hybridized carbons (Fsp3) is 0.0500. The summed E-state index contributed by atoms with van der Waals surface area (Å²) in [5.41, 5.74) is 7.76. The lowest BCUT2D eigenvalue weighted by Crippen LogP contribution is -1.88. The smallest absolute Gasteiger partial charge is 0.261 e. The zero-order valence-electron chi connectivity index (χ0n) is 13.1. The number of nitrogens with zero attached hydrogens (tertiary/aromatic N) is 2. The van der Waals surface area contributed by atoms with Gasteiger partial charge in [0.1, 0.15) is 0 Å². The number of nitro groups is 1. The van der Waals surface area contributed by atoms with Crippen molar-refractivity contribution in [1.82, 2.24) is 4.98 Å². The summed E-state index contributed by atoms with van der Waals surface area (Å²) in [6.07, 6.45) is 3.97. The third-order valence-electron chi connectivity index (χ3n) is 4.25. The number of rotatable bonds is 2. The molecule has 116 valence electrons. The van der Waals surface area contributed by atoms with Gasteiger partial charge in [-0.05, 0) is 59.0 Å². The monoisotopic (exact) mass is 314 g/mol. The Hall–Kier alpha value is -3.27. The van der Waals surface area contributed by atoms with Gasteiger partial charge < -0.3 is 0 Å². The number of pyridine rings is 1. The van der Waals surface area contributed by atoms with Gasteiger partial charge in [-0.15, -0.1) is 0 Å². The van der Waals surface area contributed by atoms with Crippen LogP contribution in [-0.4, -0.2) is 9.91 Å². The molecule has 0 radical (unpaired) electrons. The van der Waals surface area contributed by atoms with Crippen molar-refractivity contribution in [3.05, 3.63) is 93.3 Å². The maximum atomic E-state index is 10.8. The molecule has 0 aliphatic heterocycles. The molecule has 24 heavy (non-hydrogen) atoms. The predicted molar refractivity (Wildman–Crippen MR) is 94.5 cm³/mol. The lowest BCUT2D eigenvalue weighted by atomic mass is 10.0. The molecule has 4 rings (SSSR count). The molecule has 0 atom stereocenters. The number of aromatic nitrogens is 1. The average Bonchev–Trinajstić information content (AvgIpc) is 2.89. The third-order valence-corrected chi connectivity index (χ3v) is 4.25. The Kier molecular flexibility index (Phi) is 3.24. The summed E-state index contributed by atoms with van der Waals surface area (Å²) >= 11 is 0. The van der Waals surface area contributed by atoms with E-state index in [-0.39, 0.29) is 10.6 Å². The Balaban J connectivity index is 1.87. The van der Waals surface area contributed by atoms with Crippen LogP contribution in [0.25, 0.3) is 22.8 Å². The minimum Gasteiger partial charge on any atom is -0.261 e. The molecule has 0 unspecified atom stereocenters. The van der Waals surface area contributed by atoms with Gasteiger partial charge in [0, 0.05) is 29.6 Å². The van der Waals surface area contributed by atoms with Crippen molar-refractivity contribution in [2.45, 2.75) is 6.92 Å². The van der Waals surface area contributed by atoms with E-state index in [1.54, 1.807) is 12.1 Å². The Morgan fingerprint density at radius 2 is 1.67 bits per heavy atom. The second kappa shape index (κ2) is 5.42. The number of non-ortho nitro benzene ring substituents is 1. The van der Waals surface area contributed by atoms with Gasteiger partial charge in [0.2, 0.25) is 0 Å². The van der Waals surface area contributed by atoms with E-state index in [1.807, 2.05) is 25.3 Å². The van der Waals surface area contributed by atoms with Crippen LogP contribution in [0.4, 0.5) is 5.69 Å². The van der Waals surface area contributed by atoms with Crippen LogP contribution in [0.1, 0.15) is 22.4 Å². The Labute approximate surface area is 139 Å². The lowest BCUT2D eigenvalue weighted by Gasteiger charge is -2.03. The molecule has 2 aromatic carbocycles. The highest BCUT2D eigenvalue weighted by molar-refractivity contribution is 6.06. The number of benzene rings is 2. The molecule has 0 spiro atoms. The first-order valence-electron chi connectivity index (χ1n) is 7.66. The van der Waals surface area contributed by atoms with Crippen LogP contribution in [0, 0.1) is 17.0 Å². The van der Waals surface area contributed by atoms with E-state index >= 15 is 0 Å². The van der Waals surface area contributed by atoms with Crippen LogP contribution in [-0.2, 0) is 0 Å². The number of hydrogen-bond donors (Lipinski definition) is 0. The Morgan fingerprint density at radius 3 is 2.38 bits per heavy atom. The highest BCUT2D eigenvalue weighted by Crippen LogP contribution is 2.44. The zero-order valence-corrected chi connectivity index (χ0v) is 13.1. The summed E-state index contributed by atoms with van der Waals surface area (Å²) in [5, 5.41) is 10.8. The SMILES string of the molecule is Cc1cc2c(cn1)C(=Cc1ccc([N+](=O)[O-])cc1)c1ccccc1-2. The van der Waals surface area contributed by atoms with Gasteiger partial charge in [0.05, 0.1) is 4.92 Å². The summed E-state index contributed by atoms with van der Waals surface area (Å²) < 4.78 is 0. The van der Waals surface area contributed by atoms with E-state index < -0.39 is 0 Å². The van der Waals surface area contributed by atoms with Crippen molar-refractivity contribution >= 4 is 17.3 Å². The molecule has 1 aliphatic rings. The van der Waals surface area contributed by atoms with Crippen LogP contribution in [0.2, 0.25) is 0 Å². The minimum atomic E-state index is -0.385. The fourth-order valence-electron chi connectivity index (χ4n) is 3.11. The zero-order chi connectivity index (χ0) is 16.7. The summed E-state index contributed by atoms with van der Waals surface area (Å²) in [7, 11) is 0. The molecule has 1 aliphatic carbocycles. The molecule has 4 nitrogen and oxygen atoms in total. The molecule has 3 aromatic rings. The van der Waals surface area contributed by atoms with E-state index in [0.717, 1.165) is 22.4 Å². The normalized spacial score (nSPS) is 13.6. The summed E-state index contributed by atoms with van der Waals surface area (Å²) in [4.78, 5) is 14.8. The molecule has 1 heterocycles. The van der Waals surface area contributed by atoms with E-state index in [9.17, 15) is 10.1 Å². The molecule has 0 bridgehead atoms. The highest BCUT2D eigenvalue weighted by atomic mass is 16.6. The topological polar surface area (TPSA) is 56.0 Å². The molecule has 1 aromatic heterocycles. The average molecular weight is 314 g/mol. The molecule has 4 heteroatoms. The lowest BCUT2D eigenvalue weighted by molar-refractivity contribution is -0.384. The first-order valence-corrected chi connectivity index (χ1v) is 7.66. The molecule has 0 fully saturated rings. The first kappa shape index (κ1) is 14.3. The Morgan fingerprint density at radius 1 is 0.958 bits per heavy atom. The standard InChI is InChI=1S/C20H14N2O2/c1-13-10-18-16-4-2-3-5-17(16)19(20(18)12-21-13)11-14-6-8-15(9-7-14)22(23)24/h2-12H,1H3. The number of fused-ring (bicyclic) bond motifs is 3. The van der Waals surface area contributed by atoms with Crippen molar-refractivity contribution in [3.63, 3.8) is 0 Å². The van der Waals surface area contributed by atoms with Crippen LogP contribution in [0.3, 0.4) is 0 Å². The predicted octanol–water partition coefficient (Wildman–Crippen LogP) is 4.87. The molecular formula is C20H14N2O2. The number of aryl methyl sites for hydroxylation is 1. The fourth-order valence-corrected chi connectivity index (χ4v) is 3.11. The van der Waals surface area contributed by atoms with Crippen molar-refractivity contribution < 1.29 is 4.92 Å². The number of hydrogen-bond acceptors (Lipinski definition) is 3. The minimum absolute atomic E-state index is 0.0988. The van der Waals surface area contributed by atoms with Crippen LogP contribution >= 0.6 is 0 Å². The molecule has 0 N–H and O–H groups in total. The van der Waals surface area contributed by atoms with Crippen molar-refractivity contribution in [2.75, 3.05) is 0 Å². The summed E-state index contributed by atoms with van der Waals surface area (Å²) in [6.45, 7) is 1.99. The van der Waals surface area contributed by atoms with E-state index in [0.29, 0.717) is 0 Å². The van der Waals surface area contributed by atoms with Gasteiger partial charge in [0.25, 0.3) is 5.69 Å². The van der Waals surface area contributed by atoms with Crippen molar-refractivity contribution in [1.29, 1.82) is 0 Å². The first-order chi connectivity index (χ1) is 11.6. The van der Waals surface area contributed by atoms with Gasteiger partial charge in [0.15, 0.2) is 0 Å². The van der Waals surface area contributed by atoms with Gasteiger partial charge >= 0.3 is 0 Å². The van der Waals surface area contributed by atoms with Crippen molar-refractivity contribution in [3.8, 4) is 11.1 Å². The summed E-state index contributed by atoms with van der Waals surface area (Å²) in [6, 6.07) is 17.0. The van der Waals surface area contributed by atoms with Crippen LogP contribution < -0.4 is 0 Å². The molecule has 0 saturated carbocycles. The third kappa shape index (κ3) is 2.29. The number of nitro benzene ring substituents is 1. The van der Waals surface area contributed by atoms with E-state index in [1.165, 1.54) is 28.8 Å². The van der Waals surface area contributed by atoms with Crippen molar-refractivity contribution in [2.24, 2.45) is 0 Å². The Bertz CT molecular complexity index is 989. The molecule has 0 amide bonds. The van der Waals surface area contributed by atoms with E-state index in [2.05, 4.69) is 29.3 Å². The molecule has 0 saturated heterocycles. The summed E-state index contributed by atoms with van der Waals surface area (Å²) in [5.74, 6) is 0. The molecular weight excluding hydrogens is 300 g/mol. The van der Waals surface area contributed by atoms with Gasteiger partial charge in [-0.1, -0.05) is 24.3 Å². The second-order valence-electron chi connectivity index (χ2n) is 5.82. The van der Waals surface area contributed by atoms with Gasteiger partial charge in [-0.25, -0.2) is 0 Å². The highest BCUT2D eigenvalue weighted by Gasteiger charge is 2.23. The second-order valence-corrected chi connectivity index (χ2v) is 5.82. The van der Waals surface area contributed by atoms with Gasteiger partial charge in [-0.3, -0.25) is 15.1 Å². The van der Waals surface area contributed by atoms with Crippen LogP contribution in [0.15, 0.2) is 60.8 Å². The van der Waals surface area contributed by atoms with E-state index in [4.69, 9.17) is 0 Å². The quantitative estimate of drug-likeness (QED) is 0.392. The maximum Gasteiger partial charge on any atom is 0.269 e. The maximum absolute atomic E-state index is 10.8.